The molecule has 2 aromatic rings. The van der Waals surface area contributed by atoms with E-state index in [0.717, 1.165) is 62.1 Å². The summed E-state index contributed by atoms with van der Waals surface area (Å²) >= 11 is 0. The standard InChI is InChI=1S/C37H51F3Si/c1-10-33(11-2)23-35(14-5,15-6)30-28(33)22-29-31(36(16-7,17-8)24-34(29,12-3)13-4)32(30)41-25(9)26-18-20-27(21-19-26)37(38,39)40/h18-22H,9-17,23-24H2,1-8H3. The molecule has 0 amide bonds. The van der Waals surface area contributed by atoms with E-state index in [1.54, 1.807) is 34.4 Å². The average Bonchev–Trinajstić information content (AvgIpc) is 3.45. The van der Waals surface area contributed by atoms with Crippen molar-refractivity contribution < 1.29 is 13.2 Å². The molecule has 2 aromatic carbocycles. The molecule has 0 nitrogen and oxygen atoms in total. The maximum absolute atomic E-state index is 13.4. The van der Waals surface area contributed by atoms with Gasteiger partial charge in [-0.25, -0.2) is 0 Å². The highest BCUT2D eigenvalue weighted by Gasteiger charge is 2.56. The molecule has 0 unspecified atom stereocenters. The van der Waals surface area contributed by atoms with Crippen LogP contribution >= 0.6 is 0 Å². The Kier molecular flexibility index (Phi) is 8.89. The van der Waals surface area contributed by atoms with Crippen molar-refractivity contribution in [1.82, 2.24) is 0 Å². The number of benzene rings is 2. The number of fused-ring (bicyclic) bond motifs is 2. The molecule has 2 radical (unpaired) electrons. The first-order chi connectivity index (χ1) is 19.4. The lowest BCUT2D eigenvalue weighted by molar-refractivity contribution is -0.137. The molecule has 2 aliphatic carbocycles. The van der Waals surface area contributed by atoms with Crippen LogP contribution in [0.25, 0.3) is 5.20 Å². The van der Waals surface area contributed by atoms with Gasteiger partial charge in [-0.15, -0.1) is 0 Å². The molecule has 0 aliphatic heterocycles. The first-order valence-corrected chi connectivity index (χ1v) is 17.2. The van der Waals surface area contributed by atoms with Gasteiger partial charge >= 0.3 is 6.18 Å². The minimum atomic E-state index is -4.33. The highest BCUT2D eigenvalue weighted by atomic mass is 28.2. The van der Waals surface area contributed by atoms with E-state index in [1.165, 1.54) is 30.2 Å². The average molecular weight is 581 g/mol. The topological polar surface area (TPSA) is 0 Å². The molecule has 0 bridgehead atoms. The number of rotatable bonds is 11. The fourth-order valence-electron chi connectivity index (χ4n) is 8.96. The van der Waals surface area contributed by atoms with E-state index in [2.05, 4.69) is 68.0 Å². The number of alkyl halides is 3. The Morgan fingerprint density at radius 2 is 1.02 bits per heavy atom. The summed E-state index contributed by atoms with van der Waals surface area (Å²) in [6, 6.07) is 8.39. The number of hydrogen-bond acceptors (Lipinski definition) is 0. The van der Waals surface area contributed by atoms with Crippen molar-refractivity contribution in [2.45, 2.75) is 147 Å². The summed E-state index contributed by atoms with van der Waals surface area (Å²) in [6.45, 7) is 23.5. The van der Waals surface area contributed by atoms with Gasteiger partial charge in [0.25, 0.3) is 0 Å². The molecule has 4 heteroatoms. The fraction of sp³-hybridized carbons (Fsp3) is 0.622. The van der Waals surface area contributed by atoms with Crippen molar-refractivity contribution in [2.75, 3.05) is 0 Å². The van der Waals surface area contributed by atoms with E-state index in [-0.39, 0.29) is 21.7 Å². The first-order valence-electron chi connectivity index (χ1n) is 16.2. The Balaban J connectivity index is 2.07. The smallest absolute Gasteiger partial charge is 0.166 e. The van der Waals surface area contributed by atoms with E-state index in [0.29, 0.717) is 9.52 Å². The van der Waals surface area contributed by atoms with Crippen LogP contribution in [0.5, 0.6) is 0 Å². The molecule has 0 aromatic heterocycles. The van der Waals surface area contributed by atoms with Gasteiger partial charge in [0.2, 0.25) is 0 Å². The molecule has 41 heavy (non-hydrogen) atoms. The fourth-order valence-corrected chi connectivity index (χ4v) is 10.6. The van der Waals surface area contributed by atoms with E-state index in [1.807, 2.05) is 0 Å². The summed E-state index contributed by atoms with van der Waals surface area (Å²) in [5, 5.41) is 2.45. The Labute approximate surface area is 250 Å². The van der Waals surface area contributed by atoms with E-state index in [4.69, 9.17) is 0 Å². The molecule has 0 saturated heterocycles. The van der Waals surface area contributed by atoms with Gasteiger partial charge in [0, 0.05) is 0 Å². The van der Waals surface area contributed by atoms with Gasteiger partial charge in [-0.1, -0.05) is 90.6 Å². The van der Waals surface area contributed by atoms with Gasteiger partial charge in [0.15, 0.2) is 0 Å². The molecule has 0 spiro atoms. The minimum Gasteiger partial charge on any atom is -0.166 e. The molecule has 0 N–H and O–H groups in total. The summed E-state index contributed by atoms with van der Waals surface area (Å²) in [5.41, 5.74) is 7.15. The van der Waals surface area contributed by atoms with E-state index < -0.39 is 11.7 Å². The third-order valence-electron chi connectivity index (χ3n) is 12.1. The van der Waals surface area contributed by atoms with Gasteiger partial charge < -0.3 is 0 Å². The Bertz CT molecular complexity index is 1190. The van der Waals surface area contributed by atoms with Gasteiger partial charge in [-0.2, -0.15) is 13.2 Å². The third-order valence-corrected chi connectivity index (χ3v) is 13.5. The zero-order chi connectivity index (χ0) is 30.4. The minimum absolute atomic E-state index is 0.121. The highest BCUT2D eigenvalue weighted by Crippen LogP contribution is 2.61. The monoisotopic (exact) mass is 580 g/mol. The van der Waals surface area contributed by atoms with Crippen molar-refractivity contribution >= 4 is 19.9 Å². The molecular formula is C37H51F3Si. The van der Waals surface area contributed by atoms with Crippen molar-refractivity contribution in [3.8, 4) is 0 Å². The van der Waals surface area contributed by atoms with E-state index in [9.17, 15) is 13.2 Å². The first kappa shape index (κ1) is 32.1. The summed E-state index contributed by atoms with van der Waals surface area (Å²) < 4.78 is 40.1. The second-order valence-corrected chi connectivity index (χ2v) is 14.4. The van der Waals surface area contributed by atoms with Crippen LogP contribution in [0.3, 0.4) is 0 Å². The molecule has 224 valence electrons. The van der Waals surface area contributed by atoms with Crippen LogP contribution in [0.4, 0.5) is 13.2 Å². The molecule has 0 fully saturated rings. The Morgan fingerprint density at radius 1 is 0.659 bits per heavy atom. The van der Waals surface area contributed by atoms with Gasteiger partial charge in [-0.05, 0) is 126 Å². The van der Waals surface area contributed by atoms with Crippen LogP contribution in [0.1, 0.15) is 153 Å². The zero-order valence-corrected chi connectivity index (χ0v) is 27.8. The Hall–Kier alpha value is -1.81. The third kappa shape index (κ3) is 4.79. The summed E-state index contributed by atoms with van der Waals surface area (Å²) in [4.78, 5) is 0. The second-order valence-electron chi connectivity index (χ2n) is 13.1. The van der Waals surface area contributed by atoms with Crippen LogP contribution in [0.15, 0.2) is 36.9 Å². The molecule has 4 rings (SSSR count). The van der Waals surface area contributed by atoms with Crippen molar-refractivity contribution in [3.05, 3.63) is 70.3 Å². The predicted octanol–water partition coefficient (Wildman–Crippen LogP) is 10.7. The summed E-state index contributed by atoms with van der Waals surface area (Å²) in [7, 11) is 0.351. The molecular weight excluding hydrogens is 529 g/mol. The van der Waals surface area contributed by atoms with Crippen LogP contribution in [-0.2, 0) is 27.8 Å². The predicted molar refractivity (Wildman–Crippen MR) is 171 cm³/mol. The van der Waals surface area contributed by atoms with Crippen LogP contribution < -0.4 is 5.19 Å². The highest BCUT2D eigenvalue weighted by molar-refractivity contribution is 6.74. The largest absolute Gasteiger partial charge is 0.416 e. The maximum atomic E-state index is 13.4. The second kappa shape index (κ2) is 11.4. The normalized spacial score (nSPS) is 19.7. The SMILES string of the molecule is C=C([Si]c1c2c(cc3c1C(CC)(CC)CC3(CC)CC)C(CC)(CC)CC2(CC)CC)c1ccc(C(F)(F)F)cc1. The number of hydrogen-bond donors (Lipinski definition) is 0. The maximum Gasteiger partial charge on any atom is 0.416 e. The summed E-state index contributed by atoms with van der Waals surface area (Å²) in [5.74, 6) is 0. The van der Waals surface area contributed by atoms with Crippen LogP contribution in [-0.4, -0.2) is 9.52 Å². The lowest BCUT2D eigenvalue weighted by Gasteiger charge is -2.36. The molecule has 0 heterocycles. The van der Waals surface area contributed by atoms with Crippen molar-refractivity contribution in [1.29, 1.82) is 0 Å². The Morgan fingerprint density at radius 3 is 1.34 bits per heavy atom. The molecule has 0 atom stereocenters. The summed E-state index contributed by atoms with van der Waals surface area (Å²) in [6.07, 6.45) is 7.04. The quantitative estimate of drug-likeness (QED) is 0.232. The molecule has 0 saturated carbocycles. The van der Waals surface area contributed by atoms with Gasteiger partial charge in [0.05, 0.1) is 5.56 Å². The van der Waals surface area contributed by atoms with Crippen LogP contribution in [0.2, 0.25) is 0 Å². The van der Waals surface area contributed by atoms with Crippen molar-refractivity contribution in [2.24, 2.45) is 0 Å². The van der Waals surface area contributed by atoms with Gasteiger partial charge in [-0.3, -0.25) is 0 Å². The zero-order valence-electron chi connectivity index (χ0n) is 26.8. The van der Waals surface area contributed by atoms with Gasteiger partial charge in [0.1, 0.15) is 9.52 Å². The van der Waals surface area contributed by atoms with Crippen LogP contribution in [0, 0.1) is 0 Å². The van der Waals surface area contributed by atoms with E-state index >= 15 is 0 Å². The number of halogens is 3. The lowest BCUT2D eigenvalue weighted by atomic mass is 9.70. The molecule has 2 aliphatic rings. The lowest BCUT2D eigenvalue weighted by Crippen LogP contribution is -2.38. The van der Waals surface area contributed by atoms with Crippen molar-refractivity contribution in [3.63, 3.8) is 0 Å².